The van der Waals surface area contributed by atoms with E-state index in [2.05, 4.69) is 289 Å². The van der Waals surface area contributed by atoms with Gasteiger partial charge in [-0.2, -0.15) is 0 Å². The summed E-state index contributed by atoms with van der Waals surface area (Å²) in [5.41, 5.74) is 18.8. The average Bonchev–Trinajstić information content (AvgIpc) is 3.78. The van der Waals surface area contributed by atoms with E-state index < -0.39 is 0 Å². The number of rotatable bonds is 9. The topological polar surface area (TPSA) is 8.17 Å². The smallest absolute Gasteiger partial charge is 0.0546 e. The molecule has 0 radical (unpaired) electrons. The molecule has 0 saturated carbocycles. The number of benzene rings is 12. The zero-order chi connectivity index (χ0) is 46.4. The third kappa shape index (κ3) is 7.13. The van der Waals surface area contributed by atoms with Gasteiger partial charge in [-0.3, -0.25) is 0 Å². The van der Waals surface area contributed by atoms with Crippen molar-refractivity contribution in [2.75, 3.05) is 4.90 Å². The second-order valence-electron chi connectivity index (χ2n) is 18.0. The maximum absolute atomic E-state index is 2.43. The number of para-hydroxylation sites is 2. The van der Waals surface area contributed by atoms with E-state index >= 15 is 0 Å². The number of hydrogen-bond donors (Lipinski definition) is 0. The fourth-order valence-electron chi connectivity index (χ4n) is 10.8. The predicted molar refractivity (Wildman–Crippen MR) is 298 cm³/mol. The number of anilines is 3. The molecular formula is C68H46N2. The Balaban J connectivity index is 0.919. The van der Waals surface area contributed by atoms with Gasteiger partial charge in [-0.25, -0.2) is 0 Å². The van der Waals surface area contributed by atoms with Gasteiger partial charge in [-0.15, -0.1) is 0 Å². The minimum Gasteiger partial charge on any atom is -0.310 e. The van der Waals surface area contributed by atoms with Crippen LogP contribution in [0.25, 0.3) is 105 Å². The van der Waals surface area contributed by atoms with Crippen LogP contribution in [0.4, 0.5) is 17.1 Å². The monoisotopic (exact) mass is 890 g/mol. The summed E-state index contributed by atoms with van der Waals surface area (Å²) in [7, 11) is 0. The van der Waals surface area contributed by atoms with Gasteiger partial charge in [-0.1, -0.05) is 218 Å². The third-order valence-corrected chi connectivity index (χ3v) is 14.0. The van der Waals surface area contributed by atoms with Crippen LogP contribution in [0, 0.1) is 0 Å². The van der Waals surface area contributed by atoms with Crippen LogP contribution in [0.15, 0.2) is 279 Å². The lowest BCUT2D eigenvalue weighted by atomic mass is 9.87. The van der Waals surface area contributed by atoms with E-state index in [1.807, 2.05) is 0 Å². The second kappa shape index (κ2) is 17.4. The van der Waals surface area contributed by atoms with E-state index in [1.54, 1.807) is 0 Å². The zero-order valence-electron chi connectivity index (χ0n) is 38.5. The lowest BCUT2D eigenvalue weighted by Gasteiger charge is -2.28. The molecule has 70 heavy (non-hydrogen) atoms. The SMILES string of the molecule is c1ccc(-c2ccccc2-c2ccccc2-c2ccccc2-c2ccc(N(c3ccc(-c4ccc5c(c4)c4ccccc4n5-c4ccccc4)cc3)c3cc4ccccc4c4ccccc34)cc2)cc1. The van der Waals surface area contributed by atoms with Crippen molar-refractivity contribution in [3.05, 3.63) is 279 Å². The average molecular weight is 891 g/mol. The van der Waals surface area contributed by atoms with Crippen LogP contribution < -0.4 is 4.90 Å². The van der Waals surface area contributed by atoms with Crippen molar-refractivity contribution in [3.8, 4) is 61.3 Å². The number of aromatic nitrogens is 1. The molecule has 0 atom stereocenters. The Bertz CT molecular complexity index is 4040. The quantitative estimate of drug-likeness (QED) is 0.131. The van der Waals surface area contributed by atoms with E-state index in [9.17, 15) is 0 Å². The summed E-state index contributed by atoms with van der Waals surface area (Å²) < 4.78 is 2.37. The van der Waals surface area contributed by atoms with Crippen molar-refractivity contribution < 1.29 is 0 Å². The molecule has 0 unspecified atom stereocenters. The highest BCUT2D eigenvalue weighted by molar-refractivity contribution is 6.15. The molecule has 2 heteroatoms. The fourth-order valence-corrected chi connectivity index (χ4v) is 10.8. The summed E-state index contributed by atoms with van der Waals surface area (Å²) >= 11 is 0. The van der Waals surface area contributed by atoms with Gasteiger partial charge >= 0.3 is 0 Å². The molecule has 0 fully saturated rings. The van der Waals surface area contributed by atoms with Gasteiger partial charge in [-0.05, 0) is 132 Å². The third-order valence-electron chi connectivity index (χ3n) is 14.0. The van der Waals surface area contributed by atoms with E-state index in [0.717, 1.165) is 28.3 Å². The molecule has 0 aliphatic carbocycles. The van der Waals surface area contributed by atoms with Crippen LogP contribution in [0.1, 0.15) is 0 Å². The molecule has 12 aromatic carbocycles. The molecule has 2 nitrogen and oxygen atoms in total. The molecule has 0 saturated heterocycles. The molecule has 1 aromatic heterocycles. The van der Waals surface area contributed by atoms with Crippen molar-refractivity contribution >= 4 is 60.4 Å². The van der Waals surface area contributed by atoms with Gasteiger partial charge in [0, 0.05) is 33.2 Å². The fraction of sp³-hybridized carbons (Fsp3) is 0. The Morgan fingerprint density at radius 1 is 0.243 bits per heavy atom. The van der Waals surface area contributed by atoms with Crippen LogP contribution in [0.3, 0.4) is 0 Å². The molecule has 0 spiro atoms. The molecule has 0 aliphatic rings. The van der Waals surface area contributed by atoms with Crippen molar-refractivity contribution in [3.63, 3.8) is 0 Å². The molecule has 13 aromatic rings. The molecule has 328 valence electrons. The van der Waals surface area contributed by atoms with Crippen molar-refractivity contribution in [1.29, 1.82) is 0 Å². The van der Waals surface area contributed by atoms with Gasteiger partial charge in [0.05, 0.1) is 16.7 Å². The van der Waals surface area contributed by atoms with Crippen LogP contribution in [-0.4, -0.2) is 4.57 Å². The summed E-state index contributed by atoms with van der Waals surface area (Å²) in [6.45, 7) is 0. The van der Waals surface area contributed by atoms with Crippen LogP contribution in [0.2, 0.25) is 0 Å². The first kappa shape index (κ1) is 41.0. The summed E-state index contributed by atoms with van der Waals surface area (Å²) in [5, 5.41) is 7.38. The first-order valence-electron chi connectivity index (χ1n) is 24.1. The summed E-state index contributed by atoms with van der Waals surface area (Å²) in [4.78, 5) is 2.43. The maximum atomic E-state index is 2.43. The standard InChI is InChI=1S/C68H46N2/c1-3-19-48(20-4-1)55-24-9-11-27-58(55)61-30-13-14-31-62(61)59-28-12-10-25-56(59)49-37-42-54(43-38-49)69(68-46-51-21-7-8-26-57(51)60-29-15-16-32-63(60)68)53-40-35-47(36-41-53)50-39-44-67-65(45-50)64-33-17-18-34-66(64)70(67)52-22-5-2-6-23-52/h1-46H. The van der Waals surface area contributed by atoms with Crippen molar-refractivity contribution in [1.82, 2.24) is 4.57 Å². The van der Waals surface area contributed by atoms with Gasteiger partial charge in [0.2, 0.25) is 0 Å². The van der Waals surface area contributed by atoms with Gasteiger partial charge in [0.1, 0.15) is 0 Å². The molecule has 0 N–H and O–H groups in total. The summed E-state index contributed by atoms with van der Waals surface area (Å²) in [6.07, 6.45) is 0. The Labute approximate surface area is 408 Å². The molecule has 0 aliphatic heterocycles. The van der Waals surface area contributed by atoms with Crippen LogP contribution in [0.5, 0.6) is 0 Å². The van der Waals surface area contributed by atoms with E-state index in [-0.39, 0.29) is 0 Å². The highest BCUT2D eigenvalue weighted by atomic mass is 15.1. The highest BCUT2D eigenvalue weighted by Crippen LogP contribution is 2.45. The largest absolute Gasteiger partial charge is 0.310 e. The van der Waals surface area contributed by atoms with E-state index in [4.69, 9.17) is 0 Å². The minimum atomic E-state index is 1.08. The van der Waals surface area contributed by atoms with Gasteiger partial charge in [0.25, 0.3) is 0 Å². The normalized spacial score (nSPS) is 11.4. The first-order valence-corrected chi connectivity index (χ1v) is 24.1. The van der Waals surface area contributed by atoms with E-state index in [0.29, 0.717) is 0 Å². The Morgan fingerprint density at radius 3 is 1.30 bits per heavy atom. The molecule has 1 heterocycles. The van der Waals surface area contributed by atoms with Gasteiger partial charge < -0.3 is 9.47 Å². The Kier molecular flexibility index (Phi) is 10.2. The highest BCUT2D eigenvalue weighted by Gasteiger charge is 2.20. The van der Waals surface area contributed by atoms with Crippen LogP contribution >= 0.6 is 0 Å². The van der Waals surface area contributed by atoms with Crippen molar-refractivity contribution in [2.45, 2.75) is 0 Å². The lowest BCUT2D eigenvalue weighted by molar-refractivity contribution is 1.18. The van der Waals surface area contributed by atoms with Crippen molar-refractivity contribution in [2.24, 2.45) is 0 Å². The molecule has 0 amide bonds. The maximum Gasteiger partial charge on any atom is 0.0546 e. The first-order chi connectivity index (χ1) is 34.7. The van der Waals surface area contributed by atoms with Gasteiger partial charge in [0.15, 0.2) is 0 Å². The van der Waals surface area contributed by atoms with E-state index in [1.165, 1.54) is 93.4 Å². The minimum absolute atomic E-state index is 1.08. The molecule has 0 bridgehead atoms. The molecule has 13 rings (SSSR count). The Morgan fingerprint density at radius 2 is 0.671 bits per heavy atom. The zero-order valence-corrected chi connectivity index (χ0v) is 38.5. The summed E-state index contributed by atoms with van der Waals surface area (Å²) in [5.74, 6) is 0. The Hall–Kier alpha value is -9.24. The lowest BCUT2D eigenvalue weighted by Crippen LogP contribution is -2.10. The molecular weight excluding hydrogens is 845 g/mol. The second-order valence-corrected chi connectivity index (χ2v) is 18.0. The number of nitrogens with zero attached hydrogens (tertiary/aromatic N) is 2. The van der Waals surface area contributed by atoms with Crippen LogP contribution in [-0.2, 0) is 0 Å². The summed E-state index contributed by atoms with van der Waals surface area (Å²) in [6, 6.07) is 102. The number of hydrogen-bond acceptors (Lipinski definition) is 1. The predicted octanol–water partition coefficient (Wildman–Crippen LogP) is 18.9. The number of fused-ring (bicyclic) bond motifs is 6.